The first-order chi connectivity index (χ1) is 8.04. The number of ether oxygens (including phenoxy) is 2. The number of rotatable bonds is 3. The molecule has 1 unspecified atom stereocenters. The van der Waals surface area contributed by atoms with Crippen molar-refractivity contribution in [2.45, 2.75) is 39.7 Å². The Morgan fingerprint density at radius 2 is 2.06 bits per heavy atom. The molecule has 1 fully saturated rings. The number of hydrogen-bond donors (Lipinski definition) is 0. The topological polar surface area (TPSA) is 18.5 Å². The molecule has 1 aliphatic rings. The van der Waals surface area contributed by atoms with E-state index in [4.69, 9.17) is 9.47 Å². The fourth-order valence-corrected chi connectivity index (χ4v) is 2.12. The second-order valence-corrected chi connectivity index (χ2v) is 5.95. The molecular formula is C15H22O2. The molecule has 1 aromatic rings. The maximum atomic E-state index is 6.03. The Labute approximate surface area is 104 Å². The lowest BCUT2D eigenvalue weighted by molar-refractivity contribution is 0.140. The molecule has 0 radical (unpaired) electrons. The summed E-state index contributed by atoms with van der Waals surface area (Å²) in [7, 11) is 0. The molecule has 0 aliphatic carbocycles. The van der Waals surface area contributed by atoms with Crippen LogP contribution in [0.1, 0.15) is 32.8 Å². The van der Waals surface area contributed by atoms with Crippen molar-refractivity contribution in [2.75, 3.05) is 13.2 Å². The molecule has 1 saturated heterocycles. The molecule has 1 aromatic carbocycles. The Morgan fingerprint density at radius 3 is 2.71 bits per heavy atom. The van der Waals surface area contributed by atoms with Gasteiger partial charge in [0.1, 0.15) is 11.9 Å². The van der Waals surface area contributed by atoms with E-state index in [0.717, 1.165) is 31.8 Å². The molecule has 0 spiro atoms. The second-order valence-electron chi connectivity index (χ2n) is 5.95. The highest BCUT2D eigenvalue weighted by Crippen LogP contribution is 2.28. The molecular weight excluding hydrogens is 212 g/mol. The van der Waals surface area contributed by atoms with Crippen molar-refractivity contribution in [3.63, 3.8) is 0 Å². The van der Waals surface area contributed by atoms with E-state index >= 15 is 0 Å². The molecule has 0 amide bonds. The van der Waals surface area contributed by atoms with E-state index in [-0.39, 0.29) is 11.5 Å². The number of para-hydroxylation sites is 1. The molecule has 1 atom stereocenters. The summed E-state index contributed by atoms with van der Waals surface area (Å²) in [6.45, 7) is 8.31. The maximum Gasteiger partial charge on any atom is 0.124 e. The lowest BCUT2D eigenvalue weighted by Crippen LogP contribution is -2.18. The minimum Gasteiger partial charge on any atom is -0.488 e. The SMILES string of the molecule is CC(C)(C)Cc1ccccc1OC1CCOC1. The molecule has 0 N–H and O–H groups in total. The molecule has 2 heteroatoms. The zero-order chi connectivity index (χ0) is 12.3. The Morgan fingerprint density at radius 1 is 1.29 bits per heavy atom. The third-order valence-electron chi connectivity index (χ3n) is 2.87. The Bertz CT molecular complexity index is 359. The Hall–Kier alpha value is -1.02. The van der Waals surface area contributed by atoms with Crippen LogP contribution in [0.5, 0.6) is 5.75 Å². The molecule has 1 aliphatic heterocycles. The van der Waals surface area contributed by atoms with Gasteiger partial charge in [-0.05, 0) is 23.5 Å². The monoisotopic (exact) mass is 234 g/mol. The summed E-state index contributed by atoms with van der Waals surface area (Å²) in [6, 6.07) is 8.35. The molecule has 94 valence electrons. The first-order valence-corrected chi connectivity index (χ1v) is 6.37. The van der Waals surface area contributed by atoms with E-state index in [0.29, 0.717) is 0 Å². The van der Waals surface area contributed by atoms with Gasteiger partial charge in [0.15, 0.2) is 0 Å². The highest BCUT2D eigenvalue weighted by Gasteiger charge is 2.20. The largest absolute Gasteiger partial charge is 0.488 e. The van der Waals surface area contributed by atoms with Crippen molar-refractivity contribution in [1.29, 1.82) is 0 Å². The number of hydrogen-bond acceptors (Lipinski definition) is 2. The fourth-order valence-electron chi connectivity index (χ4n) is 2.12. The molecule has 1 heterocycles. The van der Waals surface area contributed by atoms with Crippen LogP contribution in [0.25, 0.3) is 0 Å². The minimum absolute atomic E-state index is 0.233. The van der Waals surface area contributed by atoms with Crippen LogP contribution in [-0.2, 0) is 11.2 Å². The van der Waals surface area contributed by atoms with Crippen LogP contribution in [0.4, 0.5) is 0 Å². The van der Waals surface area contributed by atoms with Gasteiger partial charge in [0.2, 0.25) is 0 Å². The summed E-state index contributed by atoms with van der Waals surface area (Å²) in [5.74, 6) is 1.03. The van der Waals surface area contributed by atoms with Crippen LogP contribution in [-0.4, -0.2) is 19.3 Å². The zero-order valence-electron chi connectivity index (χ0n) is 11.0. The average molecular weight is 234 g/mol. The molecule has 2 rings (SSSR count). The molecule has 17 heavy (non-hydrogen) atoms. The highest BCUT2D eigenvalue weighted by atomic mass is 16.5. The van der Waals surface area contributed by atoms with E-state index in [1.165, 1.54) is 5.56 Å². The van der Waals surface area contributed by atoms with Crippen LogP contribution in [0.3, 0.4) is 0 Å². The van der Waals surface area contributed by atoms with Crippen molar-refractivity contribution < 1.29 is 9.47 Å². The van der Waals surface area contributed by atoms with Gasteiger partial charge in [-0.15, -0.1) is 0 Å². The second kappa shape index (κ2) is 5.09. The first-order valence-electron chi connectivity index (χ1n) is 6.37. The Kier molecular flexibility index (Phi) is 3.72. The van der Waals surface area contributed by atoms with Crippen LogP contribution < -0.4 is 4.74 Å². The average Bonchev–Trinajstić information content (AvgIpc) is 2.71. The number of benzene rings is 1. The van der Waals surface area contributed by atoms with Crippen LogP contribution in [0.15, 0.2) is 24.3 Å². The summed E-state index contributed by atoms with van der Waals surface area (Å²) in [5.41, 5.74) is 1.58. The summed E-state index contributed by atoms with van der Waals surface area (Å²) in [6.07, 6.45) is 2.27. The highest BCUT2D eigenvalue weighted by molar-refractivity contribution is 5.34. The first kappa shape index (κ1) is 12.4. The van der Waals surface area contributed by atoms with Gasteiger partial charge >= 0.3 is 0 Å². The maximum absolute atomic E-state index is 6.03. The van der Waals surface area contributed by atoms with Crippen LogP contribution in [0.2, 0.25) is 0 Å². The van der Waals surface area contributed by atoms with Gasteiger partial charge in [0.25, 0.3) is 0 Å². The van der Waals surface area contributed by atoms with Crippen molar-refractivity contribution >= 4 is 0 Å². The van der Waals surface area contributed by atoms with Crippen molar-refractivity contribution in [2.24, 2.45) is 5.41 Å². The van der Waals surface area contributed by atoms with Gasteiger partial charge in [-0.2, -0.15) is 0 Å². The van der Waals surface area contributed by atoms with Gasteiger partial charge in [-0.25, -0.2) is 0 Å². The lowest BCUT2D eigenvalue weighted by Gasteiger charge is -2.21. The zero-order valence-corrected chi connectivity index (χ0v) is 11.0. The van der Waals surface area contributed by atoms with Crippen molar-refractivity contribution in [3.05, 3.63) is 29.8 Å². The molecule has 2 nitrogen and oxygen atoms in total. The quantitative estimate of drug-likeness (QED) is 0.797. The molecule has 0 saturated carbocycles. The predicted molar refractivity (Wildman–Crippen MR) is 69.5 cm³/mol. The molecule has 0 bridgehead atoms. The van der Waals surface area contributed by atoms with Crippen molar-refractivity contribution in [3.8, 4) is 5.75 Å². The van der Waals surface area contributed by atoms with Gasteiger partial charge in [-0.1, -0.05) is 39.0 Å². The van der Waals surface area contributed by atoms with E-state index in [1.54, 1.807) is 0 Å². The van der Waals surface area contributed by atoms with Gasteiger partial charge in [0.05, 0.1) is 13.2 Å². The van der Waals surface area contributed by atoms with E-state index in [2.05, 4.69) is 39.0 Å². The van der Waals surface area contributed by atoms with Crippen LogP contribution in [0, 0.1) is 5.41 Å². The van der Waals surface area contributed by atoms with Gasteiger partial charge in [-0.3, -0.25) is 0 Å². The van der Waals surface area contributed by atoms with E-state index in [1.807, 2.05) is 6.07 Å². The summed E-state index contributed by atoms with van der Waals surface area (Å²) >= 11 is 0. The fraction of sp³-hybridized carbons (Fsp3) is 0.600. The predicted octanol–water partition coefficient (Wildman–Crippen LogP) is 3.44. The summed E-state index contributed by atoms with van der Waals surface area (Å²) in [5, 5.41) is 0. The Balaban J connectivity index is 2.09. The summed E-state index contributed by atoms with van der Waals surface area (Å²) in [4.78, 5) is 0. The van der Waals surface area contributed by atoms with E-state index in [9.17, 15) is 0 Å². The third kappa shape index (κ3) is 3.74. The van der Waals surface area contributed by atoms with E-state index < -0.39 is 0 Å². The molecule has 0 aromatic heterocycles. The van der Waals surface area contributed by atoms with Gasteiger partial charge < -0.3 is 9.47 Å². The standard InChI is InChI=1S/C15H22O2/c1-15(2,3)10-12-6-4-5-7-14(12)17-13-8-9-16-11-13/h4-7,13H,8-11H2,1-3H3. The van der Waals surface area contributed by atoms with Gasteiger partial charge in [0, 0.05) is 6.42 Å². The van der Waals surface area contributed by atoms with Crippen LogP contribution >= 0.6 is 0 Å². The summed E-state index contributed by atoms with van der Waals surface area (Å²) < 4.78 is 11.4. The minimum atomic E-state index is 0.233. The normalized spacial score (nSPS) is 20.5. The lowest BCUT2D eigenvalue weighted by atomic mass is 9.88. The van der Waals surface area contributed by atoms with Crippen molar-refractivity contribution in [1.82, 2.24) is 0 Å². The third-order valence-corrected chi connectivity index (χ3v) is 2.87. The smallest absolute Gasteiger partial charge is 0.124 e.